The molecule has 1 aromatic heterocycles. The van der Waals surface area contributed by atoms with E-state index in [9.17, 15) is 9.18 Å². The predicted octanol–water partition coefficient (Wildman–Crippen LogP) is 3.15. The molecule has 6 heteroatoms. The largest absolute Gasteiger partial charge is 0.439 e. The predicted molar refractivity (Wildman–Crippen MR) is 92.5 cm³/mol. The second kappa shape index (κ2) is 8.07. The number of nitrogens with two attached hydrogens (primary N) is 1. The van der Waals surface area contributed by atoms with E-state index in [0.717, 1.165) is 31.2 Å². The third-order valence-electron chi connectivity index (χ3n) is 4.39. The highest BCUT2D eigenvalue weighted by Crippen LogP contribution is 2.23. The molecule has 0 saturated heterocycles. The molecule has 2 atom stereocenters. The summed E-state index contributed by atoms with van der Waals surface area (Å²) in [5.74, 6) is 0.636. The minimum Gasteiger partial charge on any atom is -0.439 e. The van der Waals surface area contributed by atoms with E-state index in [4.69, 9.17) is 10.5 Å². The molecule has 1 aliphatic rings. The number of amides is 1. The van der Waals surface area contributed by atoms with Crippen LogP contribution >= 0.6 is 0 Å². The van der Waals surface area contributed by atoms with Crippen LogP contribution in [0.2, 0.25) is 0 Å². The monoisotopic (exact) mass is 343 g/mol. The van der Waals surface area contributed by atoms with Crippen LogP contribution in [0.15, 0.2) is 42.6 Å². The van der Waals surface area contributed by atoms with Crippen LogP contribution in [-0.2, 0) is 11.3 Å². The van der Waals surface area contributed by atoms with Gasteiger partial charge in [-0.15, -0.1) is 0 Å². The molecule has 1 saturated carbocycles. The van der Waals surface area contributed by atoms with Crippen LogP contribution in [0, 0.1) is 11.7 Å². The quantitative estimate of drug-likeness (QED) is 0.874. The summed E-state index contributed by atoms with van der Waals surface area (Å²) in [7, 11) is 0. The first-order valence-corrected chi connectivity index (χ1v) is 8.52. The van der Waals surface area contributed by atoms with Crippen LogP contribution < -0.4 is 15.8 Å². The van der Waals surface area contributed by atoms with Gasteiger partial charge in [0.2, 0.25) is 11.8 Å². The summed E-state index contributed by atoms with van der Waals surface area (Å²) in [6, 6.07) is 9.44. The molecule has 132 valence electrons. The van der Waals surface area contributed by atoms with Crippen LogP contribution in [0.4, 0.5) is 4.39 Å². The van der Waals surface area contributed by atoms with E-state index in [1.807, 2.05) is 6.07 Å². The fraction of sp³-hybridized carbons (Fsp3) is 0.368. The lowest BCUT2D eigenvalue weighted by atomic mass is 9.85. The lowest BCUT2D eigenvalue weighted by Gasteiger charge is -2.25. The van der Waals surface area contributed by atoms with Crippen molar-refractivity contribution in [3.63, 3.8) is 0 Å². The smallest absolute Gasteiger partial charge is 0.223 e. The van der Waals surface area contributed by atoms with Crippen LogP contribution in [-0.4, -0.2) is 16.9 Å². The average molecular weight is 343 g/mol. The topological polar surface area (TPSA) is 77.2 Å². The Balaban J connectivity index is 1.56. The second-order valence-corrected chi connectivity index (χ2v) is 6.40. The van der Waals surface area contributed by atoms with Gasteiger partial charge in [0.1, 0.15) is 11.6 Å². The Kier molecular flexibility index (Phi) is 5.60. The molecule has 0 spiro atoms. The Bertz CT molecular complexity index is 721. The fourth-order valence-electron chi connectivity index (χ4n) is 3.04. The van der Waals surface area contributed by atoms with E-state index < -0.39 is 0 Å². The molecular weight excluding hydrogens is 321 g/mol. The molecule has 2 aromatic rings. The highest BCUT2D eigenvalue weighted by molar-refractivity contribution is 5.78. The summed E-state index contributed by atoms with van der Waals surface area (Å²) < 4.78 is 18.5. The first kappa shape index (κ1) is 17.4. The molecule has 0 bridgehead atoms. The number of nitrogens with zero attached hydrogens (tertiary/aromatic N) is 1. The summed E-state index contributed by atoms with van der Waals surface area (Å²) in [4.78, 5) is 16.4. The lowest BCUT2D eigenvalue weighted by molar-refractivity contribution is -0.126. The summed E-state index contributed by atoms with van der Waals surface area (Å²) in [5, 5.41) is 2.96. The van der Waals surface area contributed by atoms with Gasteiger partial charge in [-0.1, -0.05) is 6.42 Å². The SMILES string of the molecule is NC1CCCC(C(=O)NCc2ccnc(Oc3ccc(F)cc3)c2)C1. The number of pyridine rings is 1. The minimum atomic E-state index is -0.320. The van der Waals surface area contributed by atoms with Crippen molar-refractivity contribution in [1.29, 1.82) is 0 Å². The summed E-state index contributed by atoms with van der Waals surface area (Å²) in [6.45, 7) is 0.410. The molecule has 5 nitrogen and oxygen atoms in total. The number of hydrogen-bond acceptors (Lipinski definition) is 4. The summed E-state index contributed by atoms with van der Waals surface area (Å²) in [6.07, 6.45) is 5.27. The third-order valence-corrected chi connectivity index (χ3v) is 4.39. The van der Waals surface area contributed by atoms with Crippen molar-refractivity contribution < 1.29 is 13.9 Å². The third kappa shape index (κ3) is 5.00. The van der Waals surface area contributed by atoms with Gasteiger partial charge in [0.05, 0.1) is 0 Å². The van der Waals surface area contributed by atoms with E-state index in [0.29, 0.717) is 18.2 Å². The van der Waals surface area contributed by atoms with Crippen molar-refractivity contribution in [2.24, 2.45) is 11.7 Å². The number of ether oxygens (including phenoxy) is 1. The average Bonchev–Trinajstić information content (AvgIpc) is 2.62. The Morgan fingerprint density at radius 3 is 2.84 bits per heavy atom. The summed E-state index contributed by atoms with van der Waals surface area (Å²) >= 11 is 0. The molecular formula is C19H22FN3O2. The zero-order valence-electron chi connectivity index (χ0n) is 14.0. The Labute approximate surface area is 146 Å². The molecule has 25 heavy (non-hydrogen) atoms. The lowest BCUT2D eigenvalue weighted by Crippen LogP contribution is -2.37. The Hall–Kier alpha value is -2.47. The van der Waals surface area contributed by atoms with E-state index in [2.05, 4.69) is 10.3 Å². The van der Waals surface area contributed by atoms with Gasteiger partial charge >= 0.3 is 0 Å². The molecule has 1 fully saturated rings. The van der Waals surface area contributed by atoms with Crippen LogP contribution in [0.3, 0.4) is 0 Å². The van der Waals surface area contributed by atoms with Crippen LogP contribution in [0.25, 0.3) is 0 Å². The van der Waals surface area contributed by atoms with Gasteiger partial charge in [-0.05, 0) is 55.2 Å². The molecule has 3 N–H and O–H groups in total. The standard InChI is InChI=1S/C19H22FN3O2/c20-15-4-6-17(7-5-15)25-18-10-13(8-9-22-18)12-23-19(24)14-2-1-3-16(21)11-14/h4-10,14,16H,1-3,11-12,21H2,(H,23,24). The van der Waals surface area contributed by atoms with Gasteiger partial charge in [-0.2, -0.15) is 0 Å². The minimum absolute atomic E-state index is 0.000484. The number of hydrogen-bond donors (Lipinski definition) is 2. The van der Waals surface area contributed by atoms with E-state index in [-0.39, 0.29) is 23.7 Å². The van der Waals surface area contributed by atoms with Crippen molar-refractivity contribution in [3.05, 3.63) is 54.0 Å². The van der Waals surface area contributed by atoms with E-state index >= 15 is 0 Å². The van der Waals surface area contributed by atoms with Gasteiger partial charge in [0, 0.05) is 30.8 Å². The first-order chi connectivity index (χ1) is 12.1. The van der Waals surface area contributed by atoms with Gasteiger partial charge in [0.15, 0.2) is 0 Å². The van der Waals surface area contributed by atoms with Gasteiger partial charge in [-0.25, -0.2) is 9.37 Å². The fourth-order valence-corrected chi connectivity index (χ4v) is 3.04. The molecule has 1 heterocycles. The molecule has 1 aromatic carbocycles. The van der Waals surface area contributed by atoms with Crippen molar-refractivity contribution in [3.8, 4) is 11.6 Å². The maximum atomic E-state index is 12.9. The number of aromatic nitrogens is 1. The molecule has 3 rings (SSSR count). The highest BCUT2D eigenvalue weighted by atomic mass is 19.1. The van der Waals surface area contributed by atoms with E-state index in [1.54, 1.807) is 12.3 Å². The number of nitrogens with one attached hydrogen (secondary N) is 1. The number of carbonyl (C=O) groups excluding carboxylic acids is 1. The molecule has 0 aliphatic heterocycles. The summed E-state index contributed by atoms with van der Waals surface area (Å²) in [5.41, 5.74) is 6.83. The number of rotatable bonds is 5. The van der Waals surface area contributed by atoms with Crippen molar-refractivity contribution in [1.82, 2.24) is 10.3 Å². The molecule has 1 amide bonds. The van der Waals surface area contributed by atoms with Gasteiger partial charge in [-0.3, -0.25) is 4.79 Å². The van der Waals surface area contributed by atoms with E-state index in [1.165, 1.54) is 24.3 Å². The zero-order valence-corrected chi connectivity index (χ0v) is 14.0. The maximum Gasteiger partial charge on any atom is 0.223 e. The number of carbonyl (C=O) groups is 1. The molecule has 2 unspecified atom stereocenters. The van der Waals surface area contributed by atoms with Crippen molar-refractivity contribution in [2.45, 2.75) is 38.3 Å². The van der Waals surface area contributed by atoms with Gasteiger partial charge < -0.3 is 15.8 Å². The number of benzene rings is 1. The molecule has 1 aliphatic carbocycles. The van der Waals surface area contributed by atoms with Crippen LogP contribution in [0.5, 0.6) is 11.6 Å². The van der Waals surface area contributed by atoms with Crippen molar-refractivity contribution >= 4 is 5.91 Å². The highest BCUT2D eigenvalue weighted by Gasteiger charge is 2.24. The Morgan fingerprint density at radius 1 is 1.28 bits per heavy atom. The van der Waals surface area contributed by atoms with Gasteiger partial charge in [0.25, 0.3) is 0 Å². The molecule has 0 radical (unpaired) electrons. The zero-order chi connectivity index (χ0) is 17.6. The normalized spacial score (nSPS) is 20.1. The number of halogens is 1. The Morgan fingerprint density at radius 2 is 2.08 bits per heavy atom. The van der Waals surface area contributed by atoms with Crippen LogP contribution in [0.1, 0.15) is 31.2 Å². The maximum absolute atomic E-state index is 12.9. The second-order valence-electron chi connectivity index (χ2n) is 6.40. The first-order valence-electron chi connectivity index (χ1n) is 8.52. The van der Waals surface area contributed by atoms with Crippen molar-refractivity contribution in [2.75, 3.05) is 0 Å².